The van der Waals surface area contributed by atoms with Crippen molar-refractivity contribution in [2.24, 2.45) is 0 Å². The Hall–Kier alpha value is -1.32. The molecule has 0 aliphatic rings. The summed E-state index contributed by atoms with van der Waals surface area (Å²) >= 11 is 0. The molecule has 0 aliphatic heterocycles. The quantitative estimate of drug-likeness (QED) is 0.744. The lowest BCUT2D eigenvalue weighted by Gasteiger charge is -2.23. The van der Waals surface area contributed by atoms with Crippen molar-refractivity contribution < 1.29 is 4.74 Å². The fourth-order valence-corrected chi connectivity index (χ4v) is 2.44. The molecule has 1 heterocycles. The Morgan fingerprint density at radius 3 is 2.76 bits per heavy atom. The Bertz CT molecular complexity index is 572. The molecule has 0 amide bonds. The van der Waals surface area contributed by atoms with E-state index in [2.05, 4.69) is 61.1 Å². The summed E-state index contributed by atoms with van der Waals surface area (Å²) in [5, 5.41) is 4.77. The number of benzene rings is 1. The second-order valence-corrected chi connectivity index (χ2v) is 6.29. The fourth-order valence-electron chi connectivity index (χ4n) is 2.44. The highest BCUT2D eigenvalue weighted by Crippen LogP contribution is 2.21. The van der Waals surface area contributed by atoms with E-state index in [1.807, 2.05) is 0 Å². The summed E-state index contributed by atoms with van der Waals surface area (Å²) in [6, 6.07) is 8.93. The lowest BCUT2D eigenvalue weighted by molar-refractivity contribution is 0.0123. The number of methoxy groups -OCH3 is 1. The molecule has 116 valence electrons. The van der Waals surface area contributed by atoms with Gasteiger partial charge in [-0.2, -0.15) is 0 Å². The van der Waals surface area contributed by atoms with E-state index in [-0.39, 0.29) is 5.60 Å². The van der Waals surface area contributed by atoms with Gasteiger partial charge in [0.15, 0.2) is 0 Å². The molecule has 21 heavy (non-hydrogen) atoms. The summed E-state index contributed by atoms with van der Waals surface area (Å²) in [5.41, 5.74) is 2.59. The van der Waals surface area contributed by atoms with Gasteiger partial charge < -0.3 is 14.6 Å². The molecule has 2 aromatic rings. The van der Waals surface area contributed by atoms with E-state index >= 15 is 0 Å². The van der Waals surface area contributed by atoms with Crippen molar-refractivity contribution in [3.8, 4) is 0 Å². The van der Waals surface area contributed by atoms with Crippen LogP contribution < -0.4 is 5.32 Å². The van der Waals surface area contributed by atoms with Gasteiger partial charge in [-0.3, -0.25) is 0 Å². The average molecular weight is 288 g/mol. The van der Waals surface area contributed by atoms with Crippen LogP contribution in [0.2, 0.25) is 0 Å². The van der Waals surface area contributed by atoms with Gasteiger partial charge in [0.2, 0.25) is 0 Å². The number of hydrogen-bond acceptors (Lipinski definition) is 2. The van der Waals surface area contributed by atoms with Crippen molar-refractivity contribution in [1.29, 1.82) is 0 Å². The molecule has 1 aromatic heterocycles. The zero-order chi connectivity index (χ0) is 15.3. The van der Waals surface area contributed by atoms with Crippen molar-refractivity contribution >= 4 is 10.9 Å². The minimum atomic E-state index is -0.0725. The Labute approximate surface area is 128 Å². The maximum Gasteiger partial charge on any atom is 0.0639 e. The van der Waals surface area contributed by atoms with Crippen molar-refractivity contribution in [1.82, 2.24) is 9.88 Å². The van der Waals surface area contributed by atoms with Crippen molar-refractivity contribution in [3.05, 3.63) is 36.0 Å². The fraction of sp³-hybridized carbons (Fsp3) is 0.556. The Balaban J connectivity index is 2.11. The third kappa shape index (κ3) is 4.32. The number of rotatable bonds is 8. The smallest absolute Gasteiger partial charge is 0.0639 e. The van der Waals surface area contributed by atoms with Gasteiger partial charge >= 0.3 is 0 Å². The van der Waals surface area contributed by atoms with E-state index in [0.29, 0.717) is 0 Å². The molecule has 1 N–H and O–H groups in total. The second kappa shape index (κ2) is 7.10. The van der Waals surface area contributed by atoms with Crippen LogP contribution >= 0.6 is 0 Å². The topological polar surface area (TPSA) is 26.2 Å². The molecule has 0 saturated heterocycles. The molecule has 0 bridgehead atoms. The van der Waals surface area contributed by atoms with Crippen LogP contribution in [0, 0.1) is 0 Å². The van der Waals surface area contributed by atoms with E-state index < -0.39 is 0 Å². The number of ether oxygens (including phenoxy) is 1. The molecule has 3 nitrogen and oxygen atoms in total. The molecule has 0 radical (unpaired) electrons. The summed E-state index contributed by atoms with van der Waals surface area (Å²) < 4.78 is 7.85. The molecular formula is C18H28N2O. The molecule has 0 spiro atoms. The third-order valence-corrected chi connectivity index (χ3v) is 4.10. The Kier molecular flexibility index (Phi) is 5.43. The zero-order valence-corrected chi connectivity index (χ0v) is 13.8. The number of hydrogen-bond donors (Lipinski definition) is 1. The maximum atomic E-state index is 5.51. The van der Waals surface area contributed by atoms with Gasteiger partial charge in [-0.1, -0.05) is 19.1 Å². The number of aromatic nitrogens is 1. The third-order valence-electron chi connectivity index (χ3n) is 4.10. The monoisotopic (exact) mass is 288 g/mol. The van der Waals surface area contributed by atoms with Crippen LogP contribution in [0.1, 0.15) is 39.2 Å². The average Bonchev–Trinajstić information content (AvgIpc) is 2.88. The van der Waals surface area contributed by atoms with Crippen LogP contribution in [-0.4, -0.2) is 23.8 Å². The summed E-state index contributed by atoms with van der Waals surface area (Å²) in [6.07, 6.45) is 4.36. The molecule has 1 aromatic carbocycles. The van der Waals surface area contributed by atoms with Gasteiger partial charge in [-0.15, -0.1) is 0 Å². The number of fused-ring (bicyclic) bond motifs is 1. The summed E-state index contributed by atoms with van der Waals surface area (Å²) in [7, 11) is 1.78. The van der Waals surface area contributed by atoms with Crippen LogP contribution in [0.3, 0.4) is 0 Å². The number of aryl methyl sites for hydroxylation is 1. The van der Waals surface area contributed by atoms with Crippen molar-refractivity contribution in [3.63, 3.8) is 0 Å². The SMILES string of the molecule is CCCNCc1ccc2ccn(CCC(C)(C)OC)c2c1. The van der Waals surface area contributed by atoms with E-state index in [1.165, 1.54) is 22.9 Å². The second-order valence-electron chi connectivity index (χ2n) is 6.29. The van der Waals surface area contributed by atoms with Gasteiger partial charge in [0.1, 0.15) is 0 Å². The van der Waals surface area contributed by atoms with Gasteiger partial charge in [-0.25, -0.2) is 0 Å². The molecule has 0 fully saturated rings. The number of nitrogens with zero attached hydrogens (tertiary/aromatic N) is 1. The molecule has 0 saturated carbocycles. The van der Waals surface area contributed by atoms with E-state index in [0.717, 1.165) is 26.1 Å². The minimum Gasteiger partial charge on any atom is -0.379 e. The lowest BCUT2D eigenvalue weighted by atomic mass is 10.1. The summed E-state index contributed by atoms with van der Waals surface area (Å²) in [6.45, 7) is 9.46. The molecule has 0 aliphatic carbocycles. The Morgan fingerprint density at radius 2 is 2.05 bits per heavy atom. The highest BCUT2D eigenvalue weighted by molar-refractivity contribution is 5.80. The van der Waals surface area contributed by atoms with Crippen molar-refractivity contribution in [2.45, 2.75) is 52.3 Å². The van der Waals surface area contributed by atoms with Gasteiger partial charge in [-0.05, 0) is 56.3 Å². The predicted molar refractivity (Wildman–Crippen MR) is 89.6 cm³/mol. The van der Waals surface area contributed by atoms with E-state index in [4.69, 9.17) is 4.74 Å². The highest BCUT2D eigenvalue weighted by atomic mass is 16.5. The summed E-state index contributed by atoms with van der Waals surface area (Å²) in [5.74, 6) is 0. The van der Waals surface area contributed by atoms with Crippen LogP contribution in [0.4, 0.5) is 0 Å². The van der Waals surface area contributed by atoms with Crippen molar-refractivity contribution in [2.75, 3.05) is 13.7 Å². The molecule has 0 atom stereocenters. The standard InChI is InChI=1S/C18H28N2O/c1-5-10-19-14-15-6-7-16-8-11-20(17(16)13-15)12-9-18(2,3)21-4/h6-8,11,13,19H,5,9-10,12,14H2,1-4H3. The first-order valence-electron chi connectivity index (χ1n) is 7.89. The van der Waals surface area contributed by atoms with Crippen LogP contribution in [0.25, 0.3) is 10.9 Å². The summed E-state index contributed by atoms with van der Waals surface area (Å²) in [4.78, 5) is 0. The minimum absolute atomic E-state index is 0.0725. The largest absolute Gasteiger partial charge is 0.379 e. The first-order chi connectivity index (χ1) is 10.1. The molecule has 0 unspecified atom stereocenters. The molecule has 2 rings (SSSR count). The first-order valence-corrected chi connectivity index (χ1v) is 7.89. The number of nitrogens with one attached hydrogen (secondary N) is 1. The van der Waals surface area contributed by atoms with Crippen LogP contribution in [0.5, 0.6) is 0 Å². The maximum absolute atomic E-state index is 5.51. The first kappa shape index (κ1) is 16.1. The highest BCUT2D eigenvalue weighted by Gasteiger charge is 2.16. The molecular weight excluding hydrogens is 260 g/mol. The molecule has 3 heteroatoms. The van der Waals surface area contributed by atoms with Crippen LogP contribution in [-0.2, 0) is 17.8 Å². The normalized spacial score (nSPS) is 12.2. The zero-order valence-electron chi connectivity index (χ0n) is 13.8. The van der Waals surface area contributed by atoms with Gasteiger partial charge in [0, 0.05) is 31.9 Å². The van der Waals surface area contributed by atoms with Gasteiger partial charge in [0.05, 0.1) is 5.60 Å². The lowest BCUT2D eigenvalue weighted by Crippen LogP contribution is -2.24. The van der Waals surface area contributed by atoms with E-state index in [9.17, 15) is 0 Å². The predicted octanol–water partition coefficient (Wildman–Crippen LogP) is 3.96. The van der Waals surface area contributed by atoms with Gasteiger partial charge in [0.25, 0.3) is 0 Å². The van der Waals surface area contributed by atoms with Crippen LogP contribution in [0.15, 0.2) is 30.5 Å². The Morgan fingerprint density at radius 1 is 1.24 bits per heavy atom. The van der Waals surface area contributed by atoms with E-state index in [1.54, 1.807) is 7.11 Å².